The fourth-order valence-corrected chi connectivity index (χ4v) is 2.74. The average Bonchev–Trinajstić information content (AvgIpc) is 2.70. The van der Waals surface area contributed by atoms with Crippen LogP contribution in [-0.2, 0) is 6.18 Å². The summed E-state index contributed by atoms with van der Waals surface area (Å²) < 4.78 is 43.6. The minimum absolute atomic E-state index is 0.141. The van der Waals surface area contributed by atoms with E-state index in [1.54, 1.807) is 36.5 Å². The molecule has 0 radical (unpaired) electrons. The van der Waals surface area contributed by atoms with Crippen LogP contribution in [0.2, 0.25) is 5.02 Å². The molecule has 0 saturated carbocycles. The molecule has 0 aliphatic rings. The summed E-state index contributed by atoms with van der Waals surface area (Å²) in [7, 11) is 3.65. The van der Waals surface area contributed by atoms with E-state index >= 15 is 0 Å². The maximum absolute atomic E-state index is 12.7. The zero-order valence-electron chi connectivity index (χ0n) is 15.8. The van der Waals surface area contributed by atoms with Gasteiger partial charge in [0.1, 0.15) is 28.2 Å². The fourth-order valence-electron chi connectivity index (χ4n) is 2.54. The zero-order chi connectivity index (χ0) is 21.9. The Morgan fingerprint density at radius 3 is 2.40 bits per heavy atom. The Kier molecular flexibility index (Phi) is 5.99. The van der Waals surface area contributed by atoms with Crippen LogP contribution in [0.1, 0.15) is 11.1 Å². The minimum Gasteiger partial charge on any atom is -0.438 e. The molecule has 3 aromatic rings. The molecule has 0 bridgehead atoms. The molecule has 3 rings (SSSR count). The van der Waals surface area contributed by atoms with Crippen molar-refractivity contribution in [3.05, 3.63) is 64.9 Å². The first-order valence-electron chi connectivity index (χ1n) is 8.53. The molecule has 0 aliphatic carbocycles. The first-order valence-corrected chi connectivity index (χ1v) is 8.91. The van der Waals surface area contributed by atoms with Gasteiger partial charge in [0, 0.05) is 32.2 Å². The van der Waals surface area contributed by atoms with Gasteiger partial charge in [-0.1, -0.05) is 11.6 Å². The molecule has 10 heteroatoms. The number of pyridine rings is 2. The quantitative estimate of drug-likeness (QED) is 0.562. The summed E-state index contributed by atoms with van der Waals surface area (Å²) in [6.07, 6.45) is -2.29. The molecule has 2 aromatic heterocycles. The van der Waals surface area contributed by atoms with E-state index in [0.717, 1.165) is 11.8 Å². The Morgan fingerprint density at radius 1 is 1.13 bits per heavy atom. The fraction of sp³-hybridized carbons (Fsp3) is 0.150. The number of aromatic nitrogens is 2. The number of hydrogen-bond donors (Lipinski definition) is 1. The highest BCUT2D eigenvalue weighted by Crippen LogP contribution is 2.35. The van der Waals surface area contributed by atoms with Gasteiger partial charge in [0.2, 0.25) is 5.88 Å². The minimum atomic E-state index is -4.54. The number of nitrogens with zero attached hydrogens (tertiary/aromatic N) is 4. The Bertz CT molecular complexity index is 1100. The van der Waals surface area contributed by atoms with Gasteiger partial charge in [-0.05, 0) is 36.4 Å². The van der Waals surface area contributed by atoms with Crippen LogP contribution < -0.4 is 15.0 Å². The van der Waals surface area contributed by atoms with Crippen molar-refractivity contribution in [1.29, 1.82) is 5.26 Å². The van der Waals surface area contributed by atoms with Crippen LogP contribution in [0.15, 0.2) is 48.8 Å². The molecule has 0 aliphatic heterocycles. The van der Waals surface area contributed by atoms with Crippen molar-refractivity contribution >= 4 is 28.8 Å². The molecule has 6 nitrogen and oxygen atoms in total. The summed E-state index contributed by atoms with van der Waals surface area (Å²) >= 11 is 5.85. The van der Waals surface area contributed by atoms with Gasteiger partial charge < -0.3 is 15.0 Å². The molecule has 0 unspecified atom stereocenters. The molecule has 1 aromatic carbocycles. The van der Waals surface area contributed by atoms with Gasteiger partial charge in [0.05, 0.1) is 11.3 Å². The molecule has 30 heavy (non-hydrogen) atoms. The topological polar surface area (TPSA) is 74.1 Å². The summed E-state index contributed by atoms with van der Waals surface area (Å²) in [5, 5.41) is 12.3. The largest absolute Gasteiger partial charge is 0.438 e. The molecule has 0 saturated heterocycles. The van der Waals surface area contributed by atoms with Gasteiger partial charge in [-0.2, -0.15) is 18.4 Å². The lowest BCUT2D eigenvalue weighted by Crippen LogP contribution is -2.12. The van der Waals surface area contributed by atoms with E-state index in [4.69, 9.17) is 16.3 Å². The lowest BCUT2D eigenvalue weighted by molar-refractivity contribution is -0.137. The second-order valence-electron chi connectivity index (χ2n) is 6.32. The summed E-state index contributed by atoms with van der Waals surface area (Å²) in [6, 6.07) is 11.1. The molecular weight excluding hydrogens is 419 g/mol. The van der Waals surface area contributed by atoms with Gasteiger partial charge in [-0.25, -0.2) is 9.97 Å². The number of ether oxygens (including phenoxy) is 1. The van der Waals surface area contributed by atoms with Gasteiger partial charge in [0.25, 0.3) is 0 Å². The van der Waals surface area contributed by atoms with Crippen molar-refractivity contribution < 1.29 is 17.9 Å². The first-order chi connectivity index (χ1) is 14.2. The monoisotopic (exact) mass is 433 g/mol. The average molecular weight is 434 g/mol. The number of alkyl halides is 3. The number of benzene rings is 1. The highest BCUT2D eigenvalue weighted by molar-refractivity contribution is 6.31. The molecule has 0 atom stereocenters. The van der Waals surface area contributed by atoms with Gasteiger partial charge in [-0.15, -0.1) is 0 Å². The first kappa shape index (κ1) is 21.2. The summed E-state index contributed by atoms with van der Waals surface area (Å²) in [5.74, 6) is 0.576. The van der Waals surface area contributed by atoms with Crippen LogP contribution in [0.25, 0.3) is 0 Å². The smallest absolute Gasteiger partial charge is 0.417 e. The van der Waals surface area contributed by atoms with Crippen molar-refractivity contribution in [2.75, 3.05) is 24.3 Å². The molecule has 0 amide bonds. The highest BCUT2D eigenvalue weighted by atomic mass is 35.5. The molecule has 1 N–H and O–H groups in total. The zero-order valence-corrected chi connectivity index (χ0v) is 16.6. The predicted octanol–water partition coefficient (Wildman–Crippen LogP) is 5.62. The number of nitriles is 1. The Balaban J connectivity index is 1.77. The van der Waals surface area contributed by atoms with Gasteiger partial charge in [0.15, 0.2) is 0 Å². The van der Waals surface area contributed by atoms with Crippen molar-refractivity contribution in [1.82, 2.24) is 9.97 Å². The number of halogens is 4. The van der Waals surface area contributed by atoms with Crippen LogP contribution in [0.4, 0.5) is 30.4 Å². The van der Waals surface area contributed by atoms with Crippen LogP contribution in [0.3, 0.4) is 0 Å². The normalized spacial score (nSPS) is 11.0. The van der Waals surface area contributed by atoms with E-state index in [1.807, 2.05) is 19.0 Å². The number of rotatable bonds is 5. The van der Waals surface area contributed by atoms with E-state index in [-0.39, 0.29) is 10.9 Å². The van der Waals surface area contributed by atoms with Crippen LogP contribution in [-0.4, -0.2) is 24.1 Å². The van der Waals surface area contributed by atoms with Crippen LogP contribution in [0, 0.1) is 11.3 Å². The summed E-state index contributed by atoms with van der Waals surface area (Å²) in [5.41, 5.74) is 0.787. The van der Waals surface area contributed by atoms with Crippen molar-refractivity contribution in [2.24, 2.45) is 0 Å². The van der Waals surface area contributed by atoms with Crippen molar-refractivity contribution in [3.63, 3.8) is 0 Å². The van der Waals surface area contributed by atoms with E-state index in [0.29, 0.717) is 29.0 Å². The second kappa shape index (κ2) is 8.47. The van der Waals surface area contributed by atoms with E-state index in [9.17, 15) is 18.4 Å². The third-order valence-corrected chi connectivity index (χ3v) is 4.26. The van der Waals surface area contributed by atoms with Gasteiger partial charge in [-0.3, -0.25) is 0 Å². The van der Waals surface area contributed by atoms with E-state index in [1.165, 1.54) is 0 Å². The summed E-state index contributed by atoms with van der Waals surface area (Å²) in [4.78, 5) is 9.65. The predicted molar refractivity (Wildman–Crippen MR) is 107 cm³/mol. The van der Waals surface area contributed by atoms with Crippen molar-refractivity contribution in [2.45, 2.75) is 6.18 Å². The summed E-state index contributed by atoms with van der Waals surface area (Å²) in [6.45, 7) is 0. The SMILES string of the molecule is CN(C)c1ccnc(Nc2ccc(Oc3ncc(C(F)(F)F)cc3Cl)cc2)c1C#N. The number of nitrogens with one attached hydrogen (secondary N) is 1. The molecule has 2 heterocycles. The van der Waals surface area contributed by atoms with Crippen LogP contribution >= 0.6 is 11.6 Å². The second-order valence-corrected chi connectivity index (χ2v) is 6.73. The van der Waals surface area contributed by atoms with Crippen molar-refractivity contribution in [3.8, 4) is 17.7 Å². The Hall–Kier alpha value is -3.51. The third-order valence-electron chi connectivity index (χ3n) is 3.99. The van der Waals surface area contributed by atoms with Gasteiger partial charge >= 0.3 is 6.18 Å². The van der Waals surface area contributed by atoms with Crippen LogP contribution in [0.5, 0.6) is 11.6 Å². The standard InChI is InChI=1S/C20H15ClF3N5O/c1-29(2)17-7-8-26-18(15(17)10-25)28-13-3-5-14(6-4-13)30-19-16(21)9-12(11-27-19)20(22,23)24/h3-9,11H,1-2H3,(H,26,28). The lowest BCUT2D eigenvalue weighted by Gasteiger charge is -2.16. The Morgan fingerprint density at radius 2 is 1.83 bits per heavy atom. The molecule has 0 fully saturated rings. The van der Waals surface area contributed by atoms with E-state index in [2.05, 4.69) is 21.4 Å². The molecular formula is C20H15ClF3N5O. The maximum atomic E-state index is 12.7. The molecule has 154 valence electrons. The third kappa shape index (κ3) is 4.72. The molecule has 0 spiro atoms. The highest BCUT2D eigenvalue weighted by Gasteiger charge is 2.31. The Labute approximate surface area is 175 Å². The number of anilines is 3. The maximum Gasteiger partial charge on any atom is 0.417 e. The number of hydrogen-bond acceptors (Lipinski definition) is 6. The lowest BCUT2D eigenvalue weighted by atomic mass is 10.2. The van der Waals surface area contributed by atoms with E-state index < -0.39 is 11.7 Å².